The molecule has 1 radical (unpaired) electrons. The molecule has 5 nitrogen and oxygen atoms in total. The molecule has 1 saturated heterocycles. The lowest BCUT2D eigenvalue weighted by Gasteiger charge is -2.22. The van der Waals surface area contributed by atoms with Crippen molar-refractivity contribution in [3.05, 3.63) is 71.5 Å². The minimum absolute atomic E-state index is 0.0484. The highest BCUT2D eigenvalue weighted by atomic mass is 31.1. The first-order chi connectivity index (χ1) is 12.6. The van der Waals surface area contributed by atoms with Crippen LogP contribution in [0.1, 0.15) is 17.0 Å². The maximum absolute atomic E-state index is 12.5. The highest BCUT2D eigenvalue weighted by molar-refractivity contribution is 7.46. The van der Waals surface area contributed by atoms with Crippen molar-refractivity contribution in [1.82, 2.24) is 4.67 Å². The van der Waals surface area contributed by atoms with Crippen LogP contribution in [0.15, 0.2) is 60.3 Å². The maximum atomic E-state index is 12.5. The third kappa shape index (κ3) is 2.80. The lowest BCUT2D eigenvalue weighted by Crippen LogP contribution is -2.40. The molecule has 2 aromatic rings. The van der Waals surface area contributed by atoms with Gasteiger partial charge in [0.25, 0.3) is 0 Å². The number of fused-ring (bicyclic) bond motifs is 3. The van der Waals surface area contributed by atoms with Gasteiger partial charge in [-0.15, -0.1) is 6.58 Å². The number of aliphatic carboxylic acids is 1. The zero-order valence-corrected chi connectivity index (χ0v) is 14.9. The molecule has 0 aromatic heterocycles. The molecule has 0 spiro atoms. The summed E-state index contributed by atoms with van der Waals surface area (Å²) in [5, 5.41) is 9.90. The van der Waals surface area contributed by atoms with Gasteiger partial charge >= 0.3 is 12.1 Å². The van der Waals surface area contributed by atoms with Crippen molar-refractivity contribution in [3.8, 4) is 11.1 Å². The van der Waals surface area contributed by atoms with Crippen LogP contribution in [-0.2, 0) is 9.53 Å². The second-order valence-electron chi connectivity index (χ2n) is 6.26. The summed E-state index contributed by atoms with van der Waals surface area (Å²) < 4.78 is 6.74. The molecule has 2 atom stereocenters. The topological polar surface area (TPSA) is 66.8 Å². The summed E-state index contributed by atoms with van der Waals surface area (Å²) in [6.07, 6.45) is -0.618. The Morgan fingerprint density at radius 3 is 2.27 bits per heavy atom. The van der Waals surface area contributed by atoms with Gasteiger partial charge in [0.15, 0.2) is 7.28 Å². The Hall–Kier alpha value is -2.59. The van der Waals surface area contributed by atoms with E-state index in [1.54, 1.807) is 0 Å². The van der Waals surface area contributed by atoms with E-state index in [-0.39, 0.29) is 21.3 Å². The van der Waals surface area contributed by atoms with Crippen LogP contribution in [0.25, 0.3) is 11.1 Å². The zero-order chi connectivity index (χ0) is 18.3. The predicted octanol–water partition coefficient (Wildman–Crippen LogP) is 3.43. The van der Waals surface area contributed by atoms with Gasteiger partial charge in [-0.3, -0.25) is 9.46 Å². The largest absolute Gasteiger partial charge is 0.480 e. The number of carboxylic acid groups (broad SMARTS) is 1. The van der Waals surface area contributed by atoms with Gasteiger partial charge in [0.05, 0.1) is 0 Å². The minimum Gasteiger partial charge on any atom is -0.480 e. The van der Waals surface area contributed by atoms with E-state index in [1.165, 1.54) is 11.9 Å². The number of carboxylic acids is 1. The van der Waals surface area contributed by atoms with Crippen LogP contribution in [0.5, 0.6) is 0 Å². The SMILES string of the molecule is C=C1[B]C(C(=O)O)N(C(=O)OCC2c3ccccc3-c3ccccc32)P1. The molecule has 1 aliphatic heterocycles. The van der Waals surface area contributed by atoms with E-state index in [0.29, 0.717) is 5.21 Å². The summed E-state index contributed by atoms with van der Waals surface area (Å²) in [5.74, 6) is -2.13. The van der Waals surface area contributed by atoms with Gasteiger partial charge in [-0.05, 0) is 22.3 Å². The first-order valence-electron chi connectivity index (χ1n) is 8.23. The summed E-state index contributed by atoms with van der Waals surface area (Å²) in [7, 11) is 1.39. The Balaban J connectivity index is 1.54. The Morgan fingerprint density at radius 1 is 1.12 bits per heavy atom. The molecular formula is C19H16BNO4P. The monoisotopic (exact) mass is 364 g/mol. The van der Waals surface area contributed by atoms with Crippen LogP contribution >= 0.6 is 8.73 Å². The first-order valence-corrected chi connectivity index (χ1v) is 9.18. The van der Waals surface area contributed by atoms with Crippen molar-refractivity contribution < 1.29 is 19.4 Å². The normalized spacial score (nSPS) is 19.2. The molecule has 2 aliphatic rings. The quantitative estimate of drug-likeness (QED) is 0.670. The van der Waals surface area contributed by atoms with Gasteiger partial charge in [0, 0.05) is 14.6 Å². The molecular weight excluding hydrogens is 348 g/mol. The smallest absolute Gasteiger partial charge is 0.413 e. The van der Waals surface area contributed by atoms with Crippen LogP contribution in [0.2, 0.25) is 0 Å². The second-order valence-corrected chi connectivity index (χ2v) is 7.61. The van der Waals surface area contributed by atoms with Crippen molar-refractivity contribution in [2.75, 3.05) is 6.61 Å². The van der Waals surface area contributed by atoms with E-state index in [1.807, 2.05) is 36.4 Å². The number of carbonyl (C=O) groups excluding carboxylic acids is 1. The first kappa shape index (κ1) is 16.9. The van der Waals surface area contributed by atoms with Crippen molar-refractivity contribution in [3.63, 3.8) is 0 Å². The molecule has 129 valence electrons. The van der Waals surface area contributed by atoms with Gasteiger partial charge in [-0.25, -0.2) is 4.79 Å². The summed E-state index contributed by atoms with van der Waals surface area (Å²) >= 11 is 0. The summed E-state index contributed by atoms with van der Waals surface area (Å²) in [5.41, 5.74) is 4.54. The van der Waals surface area contributed by atoms with Gasteiger partial charge in [0.2, 0.25) is 0 Å². The fraction of sp³-hybridized carbons (Fsp3) is 0.158. The molecule has 0 saturated carbocycles. The molecule has 0 bridgehead atoms. The number of carbonyl (C=O) groups is 2. The van der Waals surface area contributed by atoms with Crippen LogP contribution < -0.4 is 0 Å². The van der Waals surface area contributed by atoms with E-state index >= 15 is 0 Å². The van der Waals surface area contributed by atoms with E-state index in [0.717, 1.165) is 22.3 Å². The molecule has 7 heteroatoms. The molecule has 4 rings (SSSR count). The minimum atomic E-state index is -1.08. The second kappa shape index (κ2) is 6.62. The van der Waals surface area contributed by atoms with Crippen molar-refractivity contribution >= 4 is 28.1 Å². The standard InChI is InChI=1S/C19H16BNO4P/c1-11-20-17(18(22)23)21(26-11)19(24)25-10-16-14-8-4-2-6-12(14)13-7-3-5-9-15(13)16/h2-9,16-17,26H,1,10H2,(H,22,23). The summed E-state index contributed by atoms with van der Waals surface area (Å²) in [6.45, 7) is 3.93. The number of benzene rings is 2. The fourth-order valence-corrected chi connectivity index (χ4v) is 4.55. The highest BCUT2D eigenvalue weighted by Crippen LogP contribution is 2.45. The fourth-order valence-electron chi connectivity index (χ4n) is 3.53. The number of rotatable bonds is 3. The van der Waals surface area contributed by atoms with E-state index in [9.17, 15) is 14.7 Å². The number of ether oxygens (including phenoxy) is 1. The molecule has 2 aromatic carbocycles. The van der Waals surface area contributed by atoms with Gasteiger partial charge in [0.1, 0.15) is 12.5 Å². The lowest BCUT2D eigenvalue weighted by molar-refractivity contribution is -0.138. The van der Waals surface area contributed by atoms with Crippen molar-refractivity contribution in [1.29, 1.82) is 0 Å². The van der Waals surface area contributed by atoms with E-state index in [2.05, 4.69) is 18.7 Å². The Kier molecular flexibility index (Phi) is 4.29. The van der Waals surface area contributed by atoms with Crippen molar-refractivity contribution in [2.45, 2.75) is 11.9 Å². The van der Waals surface area contributed by atoms with Crippen molar-refractivity contribution in [2.24, 2.45) is 0 Å². The van der Waals surface area contributed by atoms with Crippen LogP contribution in [0, 0.1) is 0 Å². The molecule has 1 heterocycles. The molecule has 26 heavy (non-hydrogen) atoms. The maximum Gasteiger partial charge on any atom is 0.413 e. The average molecular weight is 364 g/mol. The lowest BCUT2D eigenvalue weighted by atomic mass is 9.70. The summed E-state index contributed by atoms with van der Waals surface area (Å²) in [6, 6.07) is 16.2. The molecule has 1 aliphatic carbocycles. The molecule has 2 unspecified atom stereocenters. The number of hydrogen-bond donors (Lipinski definition) is 1. The number of amides is 1. The van der Waals surface area contributed by atoms with Crippen LogP contribution in [0.3, 0.4) is 0 Å². The van der Waals surface area contributed by atoms with E-state index < -0.39 is 18.0 Å². The van der Waals surface area contributed by atoms with Gasteiger partial charge in [-0.1, -0.05) is 53.7 Å². The molecule has 1 N–H and O–H groups in total. The Bertz CT molecular complexity index is 870. The summed E-state index contributed by atoms with van der Waals surface area (Å²) in [4.78, 5) is 23.8. The zero-order valence-electron chi connectivity index (χ0n) is 13.9. The Morgan fingerprint density at radius 2 is 1.69 bits per heavy atom. The average Bonchev–Trinajstić information content (AvgIpc) is 3.18. The van der Waals surface area contributed by atoms with Gasteiger partial charge in [-0.2, -0.15) is 0 Å². The third-order valence-electron chi connectivity index (χ3n) is 4.69. The number of hydrogen-bond acceptors (Lipinski definition) is 3. The van der Waals surface area contributed by atoms with Crippen LogP contribution in [0.4, 0.5) is 4.79 Å². The molecule has 1 fully saturated rings. The number of nitrogens with zero attached hydrogens (tertiary/aromatic N) is 1. The highest BCUT2D eigenvalue weighted by Gasteiger charge is 2.39. The Labute approximate surface area is 153 Å². The van der Waals surface area contributed by atoms with Gasteiger partial charge < -0.3 is 9.84 Å². The predicted molar refractivity (Wildman–Crippen MR) is 102 cm³/mol. The molecule has 1 amide bonds. The van der Waals surface area contributed by atoms with E-state index in [4.69, 9.17) is 4.74 Å². The third-order valence-corrected chi connectivity index (χ3v) is 5.84. The van der Waals surface area contributed by atoms with Crippen LogP contribution in [-0.4, -0.2) is 41.7 Å².